The number of hydrogen-bond acceptors (Lipinski definition) is 1. The summed E-state index contributed by atoms with van der Waals surface area (Å²) in [6.07, 6.45) is 3.55. The van der Waals surface area contributed by atoms with Crippen LogP contribution in [-0.4, -0.2) is 10.1 Å². The second kappa shape index (κ2) is 2.28. The van der Waals surface area contributed by atoms with Gasteiger partial charge in [-0.1, -0.05) is 0 Å². The number of hydrogen-bond donors (Lipinski definition) is 2. The molecule has 0 aliphatic heterocycles. The van der Waals surface area contributed by atoms with Crippen LogP contribution in [0.5, 0.6) is 5.75 Å². The molecule has 1 aliphatic rings. The molecule has 2 nitrogen and oxygen atoms in total. The Morgan fingerprint density at radius 1 is 1.23 bits per heavy atom. The molecule has 13 heavy (non-hydrogen) atoms. The largest absolute Gasteiger partial charge is 0.508 e. The van der Waals surface area contributed by atoms with Gasteiger partial charge in [0, 0.05) is 16.6 Å². The number of fused-ring (bicyclic) bond motifs is 3. The molecule has 2 N–H and O–H groups in total. The lowest BCUT2D eigenvalue weighted by Crippen LogP contribution is -1.75. The average Bonchev–Trinajstić information content (AvgIpc) is 2.64. The highest BCUT2D eigenvalue weighted by Crippen LogP contribution is 2.31. The molecule has 0 amide bonds. The summed E-state index contributed by atoms with van der Waals surface area (Å²) in [7, 11) is 0. The van der Waals surface area contributed by atoms with Crippen LogP contribution in [-0.2, 0) is 12.8 Å². The summed E-state index contributed by atoms with van der Waals surface area (Å²) in [5.74, 6) is 0.362. The van der Waals surface area contributed by atoms with E-state index < -0.39 is 0 Å². The fourth-order valence-electron chi connectivity index (χ4n) is 2.23. The number of aromatic hydroxyl groups is 1. The fraction of sp³-hybridized carbons (Fsp3) is 0.273. The number of H-pyrrole nitrogens is 1. The number of aromatic nitrogens is 1. The fourth-order valence-corrected chi connectivity index (χ4v) is 2.23. The third kappa shape index (κ3) is 0.886. The summed E-state index contributed by atoms with van der Waals surface area (Å²) in [5, 5.41) is 10.6. The Balaban J connectivity index is 2.40. The van der Waals surface area contributed by atoms with Crippen molar-refractivity contribution in [3.8, 4) is 5.75 Å². The van der Waals surface area contributed by atoms with Crippen LogP contribution < -0.4 is 0 Å². The van der Waals surface area contributed by atoms with Crippen molar-refractivity contribution in [1.29, 1.82) is 0 Å². The predicted octanol–water partition coefficient (Wildman–Crippen LogP) is 2.36. The Morgan fingerprint density at radius 2 is 2.15 bits per heavy atom. The predicted molar refractivity (Wildman–Crippen MR) is 52.0 cm³/mol. The van der Waals surface area contributed by atoms with Crippen molar-refractivity contribution >= 4 is 10.9 Å². The minimum Gasteiger partial charge on any atom is -0.508 e. The zero-order chi connectivity index (χ0) is 8.84. The first-order valence-corrected chi connectivity index (χ1v) is 4.67. The van der Waals surface area contributed by atoms with Gasteiger partial charge in [-0.15, -0.1) is 0 Å². The van der Waals surface area contributed by atoms with Crippen LogP contribution >= 0.6 is 0 Å². The van der Waals surface area contributed by atoms with Crippen molar-refractivity contribution in [2.45, 2.75) is 19.3 Å². The maximum Gasteiger partial charge on any atom is 0.116 e. The summed E-state index contributed by atoms with van der Waals surface area (Å²) in [6.45, 7) is 0. The first-order valence-electron chi connectivity index (χ1n) is 4.67. The van der Waals surface area contributed by atoms with Crippen LogP contribution in [0.2, 0.25) is 0 Å². The Kier molecular flexibility index (Phi) is 1.23. The molecule has 2 heteroatoms. The highest BCUT2D eigenvalue weighted by molar-refractivity contribution is 5.86. The Labute approximate surface area is 76.2 Å². The monoisotopic (exact) mass is 173 g/mol. The minimum absolute atomic E-state index is 0.362. The molecule has 66 valence electrons. The molecule has 0 unspecified atom stereocenters. The first-order chi connectivity index (χ1) is 6.34. The molecular formula is C11H11NO. The van der Waals surface area contributed by atoms with Crippen molar-refractivity contribution < 1.29 is 5.11 Å². The number of phenolic OH excluding ortho intramolecular Hbond substituents is 1. The summed E-state index contributed by atoms with van der Waals surface area (Å²) in [4.78, 5) is 3.39. The summed E-state index contributed by atoms with van der Waals surface area (Å²) >= 11 is 0. The third-order valence-electron chi connectivity index (χ3n) is 2.83. The molecule has 0 saturated carbocycles. The van der Waals surface area contributed by atoms with E-state index in [1.165, 1.54) is 23.1 Å². The molecule has 0 saturated heterocycles. The van der Waals surface area contributed by atoms with E-state index in [1.54, 1.807) is 6.07 Å². The van der Waals surface area contributed by atoms with E-state index in [1.807, 2.05) is 12.1 Å². The molecule has 1 aliphatic carbocycles. The number of benzene rings is 1. The van der Waals surface area contributed by atoms with Gasteiger partial charge in [-0.3, -0.25) is 0 Å². The van der Waals surface area contributed by atoms with Crippen molar-refractivity contribution in [3.63, 3.8) is 0 Å². The molecular weight excluding hydrogens is 162 g/mol. The molecule has 0 radical (unpaired) electrons. The second-order valence-electron chi connectivity index (χ2n) is 3.67. The lowest BCUT2D eigenvalue weighted by Gasteiger charge is -1.94. The standard InChI is InChI=1S/C11H11NO/c13-7-4-5-11-9(6-7)8-2-1-3-10(8)12-11/h4-6,12-13H,1-3H2. The van der Waals surface area contributed by atoms with Gasteiger partial charge in [-0.25, -0.2) is 0 Å². The molecule has 2 aromatic rings. The van der Waals surface area contributed by atoms with E-state index >= 15 is 0 Å². The Morgan fingerprint density at radius 3 is 3.08 bits per heavy atom. The summed E-state index contributed by atoms with van der Waals surface area (Å²) < 4.78 is 0. The molecule has 0 fully saturated rings. The smallest absolute Gasteiger partial charge is 0.116 e. The first kappa shape index (κ1) is 7.01. The van der Waals surface area contributed by atoms with E-state index in [-0.39, 0.29) is 0 Å². The van der Waals surface area contributed by atoms with Crippen molar-refractivity contribution in [3.05, 3.63) is 29.5 Å². The maximum absolute atomic E-state index is 9.37. The van der Waals surface area contributed by atoms with Crippen LogP contribution in [0, 0.1) is 0 Å². The van der Waals surface area contributed by atoms with Crippen LogP contribution in [0.3, 0.4) is 0 Å². The highest BCUT2D eigenvalue weighted by atomic mass is 16.3. The normalized spacial score (nSPS) is 15.1. The molecule has 0 spiro atoms. The van der Waals surface area contributed by atoms with Crippen LogP contribution in [0.25, 0.3) is 10.9 Å². The quantitative estimate of drug-likeness (QED) is 0.630. The highest BCUT2D eigenvalue weighted by Gasteiger charge is 2.16. The van der Waals surface area contributed by atoms with Gasteiger partial charge in [-0.05, 0) is 43.0 Å². The lowest BCUT2D eigenvalue weighted by atomic mass is 10.1. The van der Waals surface area contributed by atoms with Gasteiger partial charge < -0.3 is 10.1 Å². The van der Waals surface area contributed by atoms with Gasteiger partial charge in [0.2, 0.25) is 0 Å². The van der Waals surface area contributed by atoms with Gasteiger partial charge in [0.15, 0.2) is 0 Å². The molecule has 0 atom stereocenters. The van der Waals surface area contributed by atoms with Crippen LogP contribution in [0.1, 0.15) is 17.7 Å². The van der Waals surface area contributed by atoms with Gasteiger partial charge in [-0.2, -0.15) is 0 Å². The van der Waals surface area contributed by atoms with Crippen LogP contribution in [0.4, 0.5) is 0 Å². The van der Waals surface area contributed by atoms with E-state index in [4.69, 9.17) is 0 Å². The van der Waals surface area contributed by atoms with Crippen molar-refractivity contribution in [2.24, 2.45) is 0 Å². The number of nitrogens with one attached hydrogen (secondary N) is 1. The van der Waals surface area contributed by atoms with Crippen molar-refractivity contribution in [2.75, 3.05) is 0 Å². The molecule has 0 bridgehead atoms. The summed E-state index contributed by atoms with van der Waals surface area (Å²) in [6, 6.07) is 5.53. The Bertz CT molecular complexity index is 470. The number of aromatic amines is 1. The molecule has 3 rings (SSSR count). The van der Waals surface area contributed by atoms with Gasteiger partial charge >= 0.3 is 0 Å². The van der Waals surface area contributed by atoms with E-state index in [9.17, 15) is 5.11 Å². The molecule has 1 heterocycles. The maximum atomic E-state index is 9.37. The average molecular weight is 173 g/mol. The molecule has 1 aromatic heterocycles. The van der Waals surface area contributed by atoms with Gasteiger partial charge in [0.1, 0.15) is 5.75 Å². The van der Waals surface area contributed by atoms with Crippen LogP contribution in [0.15, 0.2) is 18.2 Å². The van der Waals surface area contributed by atoms with Gasteiger partial charge in [0.05, 0.1) is 0 Å². The van der Waals surface area contributed by atoms with E-state index in [0.29, 0.717) is 5.75 Å². The van der Waals surface area contributed by atoms with E-state index in [0.717, 1.165) is 18.4 Å². The van der Waals surface area contributed by atoms with Crippen molar-refractivity contribution in [1.82, 2.24) is 4.98 Å². The number of aryl methyl sites for hydroxylation is 2. The SMILES string of the molecule is Oc1ccc2[nH]c3c(c2c1)CCC3. The second-order valence-corrected chi connectivity index (χ2v) is 3.67. The van der Waals surface area contributed by atoms with E-state index in [2.05, 4.69) is 4.98 Å². The number of phenols is 1. The summed E-state index contributed by atoms with van der Waals surface area (Å²) in [5.41, 5.74) is 3.92. The Hall–Kier alpha value is -1.44. The third-order valence-corrected chi connectivity index (χ3v) is 2.83. The number of rotatable bonds is 0. The topological polar surface area (TPSA) is 36.0 Å². The zero-order valence-electron chi connectivity index (χ0n) is 7.30. The lowest BCUT2D eigenvalue weighted by molar-refractivity contribution is 0.476. The van der Waals surface area contributed by atoms with Gasteiger partial charge in [0.25, 0.3) is 0 Å². The molecule has 1 aromatic carbocycles. The zero-order valence-corrected chi connectivity index (χ0v) is 7.30. The minimum atomic E-state index is 0.362.